The molecule has 21 heavy (non-hydrogen) atoms. The average Bonchev–Trinajstić information content (AvgIpc) is 2.41. The highest BCUT2D eigenvalue weighted by Gasteiger charge is 2.13. The Morgan fingerprint density at radius 3 is 2.10 bits per heavy atom. The minimum atomic E-state index is -1.62. The first-order valence-corrected chi connectivity index (χ1v) is 5.40. The number of anilines is 1. The number of nitriles is 1. The van der Waals surface area contributed by atoms with Crippen LogP contribution in [0.4, 0.5) is 5.69 Å². The molecule has 0 spiro atoms. The number of nitrogens with two attached hydrogens (primary N) is 2. The second-order valence-electron chi connectivity index (χ2n) is 3.29. The summed E-state index contributed by atoms with van der Waals surface area (Å²) >= 11 is 5.68. The molecule has 1 rings (SSSR count). The van der Waals surface area contributed by atoms with Gasteiger partial charge in [0, 0.05) is 0 Å². The third kappa shape index (κ3) is 6.55. The summed E-state index contributed by atoms with van der Waals surface area (Å²) in [6.07, 6.45) is 0. The Hall–Kier alpha value is -3.12. The number of carbonyl (C=O) groups excluding carboxylic acids is 3. The highest BCUT2D eigenvalue weighted by atomic mass is 35.5. The first-order valence-electron chi connectivity index (χ1n) is 5.02. The molecule has 0 saturated heterocycles. The molecule has 1 aromatic carbocycles. The fourth-order valence-electron chi connectivity index (χ4n) is 0.866. The van der Waals surface area contributed by atoms with Crippen LogP contribution in [0, 0.1) is 11.3 Å². The topological polar surface area (TPSA) is 176 Å². The van der Waals surface area contributed by atoms with Gasteiger partial charge in [0.1, 0.15) is 0 Å². The van der Waals surface area contributed by atoms with Crippen LogP contribution < -0.4 is 16.8 Å². The number of hydrogen-bond acceptors (Lipinski definition) is 5. The van der Waals surface area contributed by atoms with E-state index < -0.39 is 23.7 Å². The zero-order valence-electron chi connectivity index (χ0n) is 10.3. The van der Waals surface area contributed by atoms with E-state index in [0.29, 0.717) is 0 Å². The van der Waals surface area contributed by atoms with Gasteiger partial charge in [0.25, 0.3) is 0 Å². The van der Waals surface area contributed by atoms with Crippen molar-refractivity contribution in [1.82, 2.24) is 0 Å². The number of aliphatic carboxylic acids is 1. The molecule has 0 fully saturated rings. The molecule has 0 aliphatic rings. The summed E-state index contributed by atoms with van der Waals surface area (Å²) in [5.41, 5.74) is 9.02. The van der Waals surface area contributed by atoms with Crippen molar-refractivity contribution in [3.8, 4) is 6.07 Å². The lowest BCUT2D eigenvalue weighted by atomic mass is 10.2. The lowest BCUT2D eigenvalue weighted by molar-refractivity contribution is -0.147. The summed E-state index contributed by atoms with van der Waals surface area (Å²) in [6.45, 7) is 0. The summed E-state index contributed by atoms with van der Waals surface area (Å²) in [4.78, 5) is 40.0. The van der Waals surface area contributed by atoms with Crippen LogP contribution >= 0.6 is 11.6 Å². The Labute approximate surface area is 123 Å². The van der Waals surface area contributed by atoms with Gasteiger partial charge >= 0.3 is 23.7 Å². The van der Waals surface area contributed by atoms with Gasteiger partial charge in [-0.1, -0.05) is 11.6 Å². The number of carboxylic acid groups (broad SMARTS) is 1. The van der Waals surface area contributed by atoms with Gasteiger partial charge in [0.05, 0.1) is 22.3 Å². The first kappa shape index (κ1) is 17.9. The smallest absolute Gasteiger partial charge is 0.394 e. The van der Waals surface area contributed by atoms with Crippen LogP contribution in [0.25, 0.3) is 0 Å². The Morgan fingerprint density at radius 2 is 1.71 bits per heavy atom. The molecule has 0 aromatic heterocycles. The van der Waals surface area contributed by atoms with E-state index in [-0.39, 0.29) is 16.3 Å². The van der Waals surface area contributed by atoms with Gasteiger partial charge in [-0.3, -0.25) is 14.4 Å². The molecule has 10 heteroatoms. The summed E-state index contributed by atoms with van der Waals surface area (Å²) in [7, 11) is 0. The molecule has 3 amide bonds. The molecule has 0 radical (unpaired) electrons. The summed E-state index contributed by atoms with van der Waals surface area (Å²) in [6, 6.07) is 5.99. The number of nitrogens with zero attached hydrogens (tertiary/aromatic N) is 1. The van der Waals surface area contributed by atoms with Gasteiger partial charge in [0.2, 0.25) is 0 Å². The Morgan fingerprint density at radius 1 is 1.19 bits per heavy atom. The van der Waals surface area contributed by atoms with Crippen molar-refractivity contribution in [2.45, 2.75) is 0 Å². The Kier molecular flexibility index (Phi) is 6.92. The molecular formula is C11H9ClN4O5. The third-order valence-electron chi connectivity index (χ3n) is 1.78. The van der Waals surface area contributed by atoms with Crippen molar-refractivity contribution < 1.29 is 24.3 Å². The zero-order chi connectivity index (χ0) is 16.6. The number of carbonyl (C=O) groups is 4. The van der Waals surface area contributed by atoms with Crippen LogP contribution in [0.15, 0.2) is 18.2 Å². The van der Waals surface area contributed by atoms with Gasteiger partial charge < -0.3 is 21.9 Å². The average molecular weight is 313 g/mol. The number of hydrogen-bond donors (Lipinski definition) is 4. The van der Waals surface area contributed by atoms with Crippen molar-refractivity contribution in [2.75, 3.05) is 5.32 Å². The molecule has 0 aliphatic heterocycles. The SMILES string of the molecule is N#Cc1ccc(Cl)c(NC(=O)C(=O)O)c1.NC(=O)C(N)=O. The maximum Gasteiger partial charge on any atom is 0.394 e. The van der Waals surface area contributed by atoms with Crippen LogP contribution in [0.1, 0.15) is 5.56 Å². The number of primary amides is 2. The van der Waals surface area contributed by atoms with Gasteiger partial charge in [0.15, 0.2) is 0 Å². The maximum atomic E-state index is 10.8. The molecule has 6 N–H and O–H groups in total. The number of nitrogens with one attached hydrogen (secondary N) is 1. The molecule has 9 nitrogen and oxygen atoms in total. The molecule has 0 unspecified atom stereocenters. The van der Waals surface area contributed by atoms with Crippen LogP contribution in [0.3, 0.4) is 0 Å². The van der Waals surface area contributed by atoms with Gasteiger partial charge in [-0.15, -0.1) is 0 Å². The molecule has 110 valence electrons. The predicted molar refractivity (Wildman–Crippen MR) is 70.8 cm³/mol. The number of benzene rings is 1. The monoisotopic (exact) mass is 312 g/mol. The fraction of sp³-hybridized carbons (Fsp3) is 0. The molecule has 0 aliphatic carbocycles. The molecule has 0 saturated carbocycles. The lowest BCUT2D eigenvalue weighted by Crippen LogP contribution is -2.29. The Bertz CT molecular complexity index is 626. The number of carboxylic acids is 1. The lowest BCUT2D eigenvalue weighted by Gasteiger charge is -2.04. The van der Waals surface area contributed by atoms with E-state index in [2.05, 4.69) is 16.8 Å². The second kappa shape index (κ2) is 8.13. The van der Waals surface area contributed by atoms with Gasteiger partial charge in [-0.25, -0.2) is 4.79 Å². The van der Waals surface area contributed by atoms with Crippen molar-refractivity contribution in [2.24, 2.45) is 11.5 Å². The van der Waals surface area contributed by atoms with E-state index in [9.17, 15) is 19.2 Å². The first-order chi connectivity index (χ1) is 9.68. The van der Waals surface area contributed by atoms with Crippen molar-refractivity contribution in [3.63, 3.8) is 0 Å². The molecule has 0 heterocycles. The highest BCUT2D eigenvalue weighted by molar-refractivity contribution is 6.39. The maximum absolute atomic E-state index is 10.8. The van der Waals surface area contributed by atoms with E-state index in [1.807, 2.05) is 6.07 Å². The fourth-order valence-corrected chi connectivity index (χ4v) is 1.03. The van der Waals surface area contributed by atoms with E-state index in [4.69, 9.17) is 22.0 Å². The van der Waals surface area contributed by atoms with Crippen LogP contribution in [-0.2, 0) is 19.2 Å². The second-order valence-corrected chi connectivity index (χ2v) is 3.70. The van der Waals surface area contributed by atoms with Crippen molar-refractivity contribution in [3.05, 3.63) is 28.8 Å². The standard InChI is InChI=1S/C9H5ClN2O3.C2H4N2O2/c10-6-2-1-5(4-11)3-7(6)12-8(13)9(14)15;3-1(5)2(4)6/h1-3H,(H,12,13)(H,14,15);(H2,3,5)(H2,4,6). The van der Waals surface area contributed by atoms with Gasteiger partial charge in [-0.2, -0.15) is 5.26 Å². The molecule has 0 bridgehead atoms. The predicted octanol–water partition coefficient (Wildman–Crippen LogP) is -0.808. The zero-order valence-corrected chi connectivity index (χ0v) is 11.0. The third-order valence-corrected chi connectivity index (χ3v) is 2.11. The van der Waals surface area contributed by atoms with Gasteiger partial charge in [-0.05, 0) is 18.2 Å². The van der Waals surface area contributed by atoms with Crippen LogP contribution in [0.5, 0.6) is 0 Å². The molecule has 1 aromatic rings. The van der Waals surface area contributed by atoms with E-state index >= 15 is 0 Å². The number of rotatable bonds is 1. The van der Waals surface area contributed by atoms with E-state index in [1.165, 1.54) is 18.2 Å². The van der Waals surface area contributed by atoms with Crippen LogP contribution in [0.2, 0.25) is 5.02 Å². The minimum absolute atomic E-state index is 0.100. The normalized spacial score (nSPS) is 8.57. The largest absolute Gasteiger partial charge is 0.474 e. The van der Waals surface area contributed by atoms with E-state index in [1.54, 1.807) is 0 Å². The van der Waals surface area contributed by atoms with E-state index in [0.717, 1.165) is 0 Å². The minimum Gasteiger partial charge on any atom is -0.474 e. The summed E-state index contributed by atoms with van der Waals surface area (Å²) in [5.74, 6) is -5.02. The highest BCUT2D eigenvalue weighted by Crippen LogP contribution is 2.22. The van der Waals surface area contributed by atoms with Crippen molar-refractivity contribution in [1.29, 1.82) is 5.26 Å². The number of amides is 3. The quantitative estimate of drug-likeness (QED) is 0.493. The molecule has 0 atom stereocenters. The summed E-state index contributed by atoms with van der Waals surface area (Å²) < 4.78 is 0. The summed E-state index contributed by atoms with van der Waals surface area (Å²) in [5, 5.41) is 19.1. The molecular weight excluding hydrogens is 304 g/mol. The van der Waals surface area contributed by atoms with Crippen LogP contribution in [-0.4, -0.2) is 28.8 Å². The van der Waals surface area contributed by atoms with Crippen molar-refractivity contribution >= 4 is 41.0 Å². The number of halogens is 1. The Balaban J connectivity index is 0.000000567.